The van der Waals surface area contributed by atoms with Gasteiger partial charge in [0.05, 0.1) is 254 Å². The summed E-state index contributed by atoms with van der Waals surface area (Å²) in [5, 5.41) is 38.6. The van der Waals surface area contributed by atoms with Crippen LogP contribution >= 0.6 is 12.0 Å². The largest absolute Gasteiger partial charge is 0.871 e. The highest BCUT2D eigenvalue weighted by Gasteiger charge is 2.48. The van der Waals surface area contributed by atoms with Crippen molar-refractivity contribution in [2.24, 2.45) is 0 Å². The molecule has 0 radical (unpaired) electrons. The van der Waals surface area contributed by atoms with Crippen molar-refractivity contribution in [2.45, 2.75) is 73.5 Å². The molecule has 0 saturated carbocycles. The van der Waals surface area contributed by atoms with Crippen LogP contribution in [-0.2, 0) is 145 Å². The number of hydrogen-bond acceptors (Lipinski definition) is 33. The average molecular weight is 1600 g/mol. The molecule has 622 valence electrons. The topological polar surface area (TPSA) is 385 Å². The molecule has 2 aromatic carbocycles. The second-order valence-corrected chi connectivity index (χ2v) is 27.0. The Balaban J connectivity index is 1.07. The number of carbonyl (C=O) groups excluding carboxylic acids is 1. The first kappa shape index (κ1) is 94.9. The number of carbonyl (C=O) groups is 2. The molecule has 2 aliphatic heterocycles. The summed E-state index contributed by atoms with van der Waals surface area (Å²) in [6.45, 7) is 20.5. The van der Waals surface area contributed by atoms with Gasteiger partial charge in [-0.1, -0.05) is 12.2 Å². The van der Waals surface area contributed by atoms with Crippen LogP contribution in [0.25, 0.3) is 0 Å². The van der Waals surface area contributed by atoms with E-state index in [4.69, 9.17) is 109 Å². The van der Waals surface area contributed by atoms with Crippen molar-refractivity contribution < 1.29 is 157 Å². The maximum Gasteiger partial charge on any atom is 0.303 e. The van der Waals surface area contributed by atoms with Gasteiger partial charge in [0.25, 0.3) is 0 Å². The highest BCUT2D eigenvalue weighted by Crippen LogP contribution is 2.52. The van der Waals surface area contributed by atoms with Gasteiger partial charge in [0.1, 0.15) is 29.9 Å². The quantitative estimate of drug-likeness (QED) is 0.0188. The van der Waals surface area contributed by atoms with Crippen LogP contribution in [-0.4, -0.2) is 318 Å². The Kier molecular flexibility index (Phi) is 50.7. The van der Waals surface area contributed by atoms with Crippen molar-refractivity contribution in [3.63, 3.8) is 0 Å². The van der Waals surface area contributed by atoms with E-state index in [9.17, 15) is 38.0 Å². The number of benzene rings is 2. The summed E-state index contributed by atoms with van der Waals surface area (Å²) in [6, 6.07) is 9.37. The molecule has 109 heavy (non-hydrogen) atoms. The van der Waals surface area contributed by atoms with Crippen LogP contribution < -0.4 is 15.3 Å². The molecule has 36 heteroatoms. The van der Waals surface area contributed by atoms with E-state index in [1.807, 2.05) is 24.0 Å². The normalized spacial score (nSPS) is 16.3. The van der Waals surface area contributed by atoms with Gasteiger partial charge in [-0.25, -0.2) is 28.0 Å². The van der Waals surface area contributed by atoms with Crippen molar-refractivity contribution in [3.8, 4) is 0 Å². The maximum atomic E-state index is 14.6. The van der Waals surface area contributed by atoms with E-state index < -0.39 is 43.4 Å². The standard InChI is InChI=1S/C73H116N2O32S2/c1-72(2)63-56-60(109(81,82)83)11-13-65(63)75(16-18-103-105-54-52-101-50-48-99-46-44-97-42-40-95-38-36-93-34-32-91-30-28-89-26-24-87-22-20-85-5)67(72)57-61-70(78)62(71(61)79)58-68-73(3,64-55-59(108-107-106-80)10-12-66(64)74(68)15-8-6-7-9-69(76)77)14-17-102-104-53-51-100-49-47-98-45-43-96-41-39-94-37-35-92-33-31-90-29-27-88-25-23-86-21-19-84-4/h10-13,55-58H,6-9,14-54H2,1-5H3,(H3-,76,77,78,79,80,81,82,83)/p-2. The number of allylic oxidation sites excluding steroid dienone is 5. The second kappa shape index (κ2) is 58.2. The minimum absolute atomic E-state index is 0.0206. The lowest BCUT2D eigenvalue weighted by molar-refractivity contribution is -0.777. The van der Waals surface area contributed by atoms with Crippen LogP contribution in [0.2, 0.25) is 0 Å². The van der Waals surface area contributed by atoms with E-state index in [-0.39, 0.29) is 76.8 Å². The third-order valence-corrected chi connectivity index (χ3v) is 18.2. The molecule has 1 atom stereocenters. The van der Waals surface area contributed by atoms with E-state index in [1.165, 1.54) is 24.3 Å². The first-order chi connectivity index (χ1) is 53.1. The number of ether oxygens (including phenoxy) is 18. The van der Waals surface area contributed by atoms with Crippen LogP contribution in [0.3, 0.4) is 0 Å². The van der Waals surface area contributed by atoms with Crippen LogP contribution in [0.15, 0.2) is 80.9 Å². The zero-order valence-electron chi connectivity index (χ0n) is 63.8. The Labute approximate surface area is 644 Å². The van der Waals surface area contributed by atoms with Crippen LogP contribution in [0.4, 0.5) is 11.4 Å². The number of Topliss-reactive ketones (excluding diaryl/α,β-unsaturated/α-hetero) is 1. The Bertz CT molecular complexity index is 3070. The predicted octanol–water partition coefficient (Wildman–Crippen LogP) is 3.47. The van der Waals surface area contributed by atoms with E-state index in [1.54, 1.807) is 44.8 Å². The fourth-order valence-corrected chi connectivity index (χ4v) is 12.1. The number of unbranched alkanes of at least 4 members (excludes halogenated alkanes) is 2. The third kappa shape index (κ3) is 37.4. The van der Waals surface area contributed by atoms with Crippen molar-refractivity contribution >= 4 is 51.0 Å². The fourth-order valence-electron chi connectivity index (χ4n) is 11.2. The number of aliphatic carboxylic acids is 1. The molecule has 0 spiro atoms. The molecule has 1 unspecified atom stereocenters. The monoisotopic (exact) mass is 1590 g/mol. The summed E-state index contributed by atoms with van der Waals surface area (Å²) >= 11 is 0.695. The lowest BCUT2D eigenvalue weighted by Crippen LogP contribution is -2.36. The summed E-state index contributed by atoms with van der Waals surface area (Å²) in [5.74, 6) is -2.04. The zero-order chi connectivity index (χ0) is 78.3. The van der Waals surface area contributed by atoms with Gasteiger partial charge in [0.2, 0.25) is 5.69 Å². The molecular weight excluding hydrogens is 1480 g/mol. The number of methoxy groups -OCH3 is 2. The van der Waals surface area contributed by atoms with Crippen LogP contribution in [0.5, 0.6) is 0 Å². The number of hydrogen-bond donors (Lipinski definition) is 1. The SMILES string of the molecule is COCCOCCOCCOCCOCCOCCOCCOCCOCCOOCC[N+]1=C(C=C2C(=O)C(C=C3N(CCCCCC(=O)O)c4ccc(SOO[O-])cc4C3(C)CCOOCCOCCOCCOCCOCCOCCOCCOCCOCCOC)=C2[O-])C(C)(C)c2cc(S(=O)(=O)[O-])ccc21. The Hall–Kier alpha value is -4.67. The first-order valence-corrected chi connectivity index (χ1v) is 38.9. The number of nitrogens with zero attached hydrogens (tertiary/aromatic N) is 2. The minimum Gasteiger partial charge on any atom is -0.871 e. The molecule has 0 aromatic heterocycles. The third-order valence-electron chi connectivity index (χ3n) is 16.8. The van der Waals surface area contributed by atoms with Gasteiger partial charge in [-0.05, 0) is 82.0 Å². The molecule has 2 aromatic rings. The van der Waals surface area contributed by atoms with Crippen molar-refractivity contribution in [3.05, 3.63) is 82.3 Å². The number of fused-ring (bicyclic) bond motifs is 2. The van der Waals surface area contributed by atoms with Gasteiger partial charge in [-0.3, -0.25) is 14.6 Å². The Morgan fingerprint density at radius 2 is 0.917 bits per heavy atom. The van der Waals surface area contributed by atoms with E-state index >= 15 is 0 Å². The Morgan fingerprint density at radius 1 is 0.514 bits per heavy atom. The van der Waals surface area contributed by atoms with E-state index in [0.29, 0.717) is 270 Å². The molecule has 3 aliphatic rings. The van der Waals surface area contributed by atoms with Gasteiger partial charge in [0, 0.05) is 77.7 Å². The first-order valence-electron chi connectivity index (χ1n) is 36.7. The molecule has 0 bridgehead atoms. The van der Waals surface area contributed by atoms with Crippen molar-refractivity contribution in [1.82, 2.24) is 0 Å². The lowest BCUT2D eigenvalue weighted by atomic mass is 9.76. The number of ketones is 1. The van der Waals surface area contributed by atoms with Gasteiger partial charge < -0.3 is 110 Å². The van der Waals surface area contributed by atoms with Gasteiger partial charge >= 0.3 is 5.97 Å². The van der Waals surface area contributed by atoms with E-state index in [2.05, 4.69) is 5.04 Å². The zero-order valence-corrected chi connectivity index (χ0v) is 65.4. The molecule has 2 heterocycles. The summed E-state index contributed by atoms with van der Waals surface area (Å²) in [6.07, 6.45) is 4.81. The molecule has 1 N–H and O–H groups in total. The summed E-state index contributed by atoms with van der Waals surface area (Å²) in [5.41, 5.74) is 1.17. The number of carboxylic acid groups (broad SMARTS) is 1. The summed E-state index contributed by atoms with van der Waals surface area (Å²) in [4.78, 5) is 50.4. The molecule has 0 saturated heterocycles. The molecule has 5 rings (SSSR count). The van der Waals surface area contributed by atoms with Gasteiger partial charge in [-0.2, -0.15) is 8.91 Å². The highest BCUT2D eigenvalue weighted by atomic mass is 32.2. The average Bonchev–Trinajstić information content (AvgIpc) is 1.59. The number of carboxylic acids is 1. The molecule has 0 amide bonds. The lowest BCUT2D eigenvalue weighted by Gasteiger charge is -2.34. The fraction of sp³-hybridized carbons (Fsp3) is 0.712. The van der Waals surface area contributed by atoms with Gasteiger partial charge in [0.15, 0.2) is 18.0 Å². The highest BCUT2D eigenvalue weighted by molar-refractivity contribution is 7.94. The smallest absolute Gasteiger partial charge is 0.303 e. The number of rotatable bonds is 74. The maximum absolute atomic E-state index is 14.6. The summed E-state index contributed by atoms with van der Waals surface area (Å²) in [7, 11) is -1.63. The molecule has 34 nitrogen and oxygen atoms in total. The second-order valence-electron chi connectivity index (χ2n) is 24.9. The predicted molar refractivity (Wildman–Crippen MR) is 386 cm³/mol. The Morgan fingerprint density at radius 3 is 1.31 bits per heavy atom. The minimum atomic E-state index is -4.88. The molecule has 0 fully saturated rings. The van der Waals surface area contributed by atoms with Crippen molar-refractivity contribution in [1.29, 1.82) is 0 Å². The van der Waals surface area contributed by atoms with Crippen molar-refractivity contribution in [2.75, 3.05) is 283 Å². The van der Waals surface area contributed by atoms with Crippen LogP contribution in [0.1, 0.15) is 64.0 Å². The molecule has 1 aliphatic carbocycles. The van der Waals surface area contributed by atoms with Gasteiger partial charge in [-0.15, -0.1) is 0 Å². The molecular formula is C73H114N2O32S2-2. The number of anilines is 1. The van der Waals surface area contributed by atoms with Crippen LogP contribution in [0, 0.1) is 0 Å². The van der Waals surface area contributed by atoms with E-state index in [0.717, 1.165) is 11.3 Å². The summed E-state index contributed by atoms with van der Waals surface area (Å²) < 4.78 is 142.